The summed E-state index contributed by atoms with van der Waals surface area (Å²) in [4.78, 5) is 12.2. The molecule has 0 radical (unpaired) electrons. The van der Waals surface area contributed by atoms with Crippen molar-refractivity contribution in [2.45, 2.75) is 0 Å². The largest absolute Gasteiger partial charge is 0.495 e. The number of carbonyl (C=O) groups excluding carboxylic acids is 1. The summed E-state index contributed by atoms with van der Waals surface area (Å²) in [6, 6.07) is 5.34. The molecule has 0 saturated heterocycles. The van der Waals surface area contributed by atoms with E-state index >= 15 is 0 Å². The first-order chi connectivity index (χ1) is 9.02. The molecule has 19 heavy (non-hydrogen) atoms. The molecule has 1 aromatic heterocycles. The number of aromatic nitrogens is 2. The molecule has 2 rings (SSSR count). The number of carbonyl (C=O) groups is 1. The second kappa shape index (κ2) is 5.31. The molecule has 0 atom stereocenters. The van der Waals surface area contributed by atoms with Crippen molar-refractivity contribution in [3.8, 4) is 5.75 Å². The summed E-state index contributed by atoms with van der Waals surface area (Å²) >= 11 is 3.34. The van der Waals surface area contributed by atoms with Gasteiger partial charge in [-0.15, -0.1) is 0 Å². The van der Waals surface area contributed by atoms with Crippen LogP contribution in [0.4, 0.5) is 11.4 Å². The number of nitrogens with two attached hydrogens (primary N) is 1. The van der Waals surface area contributed by atoms with Crippen LogP contribution >= 0.6 is 15.9 Å². The minimum absolute atomic E-state index is 0.307. The van der Waals surface area contributed by atoms with Gasteiger partial charge in [-0.1, -0.05) is 15.9 Å². The molecule has 2 aromatic rings. The Morgan fingerprint density at radius 1 is 1.53 bits per heavy atom. The number of nitrogen functional groups attached to an aromatic ring is 1. The van der Waals surface area contributed by atoms with E-state index in [2.05, 4.69) is 26.3 Å². The average molecular weight is 325 g/mol. The van der Waals surface area contributed by atoms with Crippen molar-refractivity contribution in [3.05, 3.63) is 34.6 Å². The number of hydrogen-bond acceptors (Lipinski definition) is 4. The van der Waals surface area contributed by atoms with Gasteiger partial charge in [0.25, 0.3) is 5.91 Å². The van der Waals surface area contributed by atoms with Crippen LogP contribution in [0.1, 0.15) is 10.5 Å². The van der Waals surface area contributed by atoms with E-state index in [4.69, 9.17) is 10.5 Å². The number of amides is 1. The van der Waals surface area contributed by atoms with E-state index < -0.39 is 0 Å². The molecule has 7 heteroatoms. The molecular formula is C12H13BrN4O2. The lowest BCUT2D eigenvalue weighted by Gasteiger charge is -2.11. The van der Waals surface area contributed by atoms with Crippen LogP contribution in [0.5, 0.6) is 5.75 Å². The van der Waals surface area contributed by atoms with Crippen molar-refractivity contribution < 1.29 is 9.53 Å². The Labute approximate surface area is 118 Å². The van der Waals surface area contributed by atoms with Gasteiger partial charge in [-0.05, 0) is 18.2 Å². The number of halogens is 1. The Hall–Kier alpha value is -2.02. The molecule has 0 aliphatic carbocycles. The van der Waals surface area contributed by atoms with Crippen molar-refractivity contribution in [2.75, 3.05) is 18.2 Å². The lowest BCUT2D eigenvalue weighted by Crippen LogP contribution is -2.18. The number of rotatable bonds is 3. The van der Waals surface area contributed by atoms with Crippen molar-refractivity contribution in [3.63, 3.8) is 0 Å². The molecule has 0 aliphatic heterocycles. The van der Waals surface area contributed by atoms with Crippen LogP contribution in [0.15, 0.2) is 28.9 Å². The second-order valence-corrected chi connectivity index (χ2v) is 4.79. The van der Waals surface area contributed by atoms with E-state index in [0.29, 0.717) is 22.8 Å². The Morgan fingerprint density at radius 3 is 2.84 bits per heavy atom. The fourth-order valence-corrected chi connectivity index (χ4v) is 2.05. The van der Waals surface area contributed by atoms with Gasteiger partial charge < -0.3 is 15.8 Å². The zero-order valence-corrected chi connectivity index (χ0v) is 12.1. The van der Waals surface area contributed by atoms with Crippen molar-refractivity contribution in [2.24, 2.45) is 7.05 Å². The number of methoxy groups -OCH3 is 1. The fraction of sp³-hybridized carbons (Fsp3) is 0.167. The van der Waals surface area contributed by atoms with Crippen LogP contribution in [0.2, 0.25) is 0 Å². The molecule has 100 valence electrons. The third-order valence-electron chi connectivity index (χ3n) is 2.59. The molecule has 6 nitrogen and oxygen atoms in total. The summed E-state index contributed by atoms with van der Waals surface area (Å²) in [5.41, 5.74) is 6.90. The van der Waals surface area contributed by atoms with Crippen LogP contribution in [-0.4, -0.2) is 22.8 Å². The molecule has 0 unspecified atom stereocenters. The van der Waals surface area contributed by atoms with E-state index in [1.165, 1.54) is 18.0 Å². The molecule has 3 N–H and O–H groups in total. The highest BCUT2D eigenvalue weighted by Gasteiger charge is 2.16. The predicted octanol–water partition coefficient (Wildman–Crippen LogP) is 2.03. The summed E-state index contributed by atoms with van der Waals surface area (Å²) in [5.74, 6) is 0.228. The maximum absolute atomic E-state index is 12.2. The topological polar surface area (TPSA) is 82.2 Å². The summed E-state index contributed by atoms with van der Waals surface area (Å²) < 4.78 is 7.45. The number of nitrogens with one attached hydrogen (secondary N) is 1. The number of nitrogens with zero attached hydrogens (tertiary/aromatic N) is 2. The van der Waals surface area contributed by atoms with Crippen LogP contribution in [-0.2, 0) is 7.05 Å². The third kappa shape index (κ3) is 2.70. The van der Waals surface area contributed by atoms with E-state index in [-0.39, 0.29) is 5.91 Å². The first-order valence-electron chi connectivity index (χ1n) is 5.45. The molecule has 0 fully saturated rings. The van der Waals surface area contributed by atoms with Crippen molar-refractivity contribution in [1.82, 2.24) is 9.78 Å². The summed E-state index contributed by atoms with van der Waals surface area (Å²) in [6.45, 7) is 0. The van der Waals surface area contributed by atoms with E-state index in [0.717, 1.165) is 4.47 Å². The monoisotopic (exact) mass is 324 g/mol. The Balaban J connectivity index is 2.31. The van der Waals surface area contributed by atoms with Crippen LogP contribution in [0.25, 0.3) is 0 Å². The minimum Gasteiger partial charge on any atom is -0.495 e. The van der Waals surface area contributed by atoms with Crippen LogP contribution < -0.4 is 15.8 Å². The van der Waals surface area contributed by atoms with Gasteiger partial charge in [0.1, 0.15) is 11.4 Å². The highest BCUT2D eigenvalue weighted by Crippen LogP contribution is 2.28. The quantitative estimate of drug-likeness (QED) is 0.905. The molecular weight excluding hydrogens is 312 g/mol. The van der Waals surface area contributed by atoms with Crippen LogP contribution in [0.3, 0.4) is 0 Å². The normalized spacial score (nSPS) is 10.3. The second-order valence-electron chi connectivity index (χ2n) is 3.87. The molecule has 1 aromatic carbocycles. The standard InChI is InChI=1S/C12H13BrN4O2/c1-17-11(8(14)6-15-17)12(18)16-9-5-7(13)3-4-10(9)19-2/h3-6H,14H2,1-2H3,(H,16,18). The van der Waals surface area contributed by atoms with E-state index in [1.807, 2.05) is 6.07 Å². The van der Waals surface area contributed by atoms with Gasteiger partial charge in [0.15, 0.2) is 0 Å². The number of ether oxygens (including phenoxy) is 1. The molecule has 0 saturated carbocycles. The van der Waals surface area contributed by atoms with Crippen LogP contribution in [0, 0.1) is 0 Å². The first kappa shape index (κ1) is 13.4. The number of benzene rings is 1. The number of aryl methyl sites for hydroxylation is 1. The molecule has 0 spiro atoms. The highest BCUT2D eigenvalue weighted by atomic mass is 79.9. The predicted molar refractivity (Wildman–Crippen MR) is 76.3 cm³/mol. The lowest BCUT2D eigenvalue weighted by atomic mass is 10.2. The third-order valence-corrected chi connectivity index (χ3v) is 3.09. The van der Waals surface area contributed by atoms with Gasteiger partial charge >= 0.3 is 0 Å². The van der Waals surface area contributed by atoms with Gasteiger partial charge in [-0.2, -0.15) is 5.10 Å². The van der Waals surface area contributed by atoms with E-state index in [1.54, 1.807) is 19.2 Å². The average Bonchev–Trinajstić information content (AvgIpc) is 2.69. The Kier molecular flexibility index (Phi) is 3.75. The zero-order valence-electron chi connectivity index (χ0n) is 10.5. The molecule has 0 aliphatic rings. The van der Waals surface area contributed by atoms with E-state index in [9.17, 15) is 4.79 Å². The summed E-state index contributed by atoms with van der Waals surface area (Å²) in [6.07, 6.45) is 1.44. The Morgan fingerprint density at radius 2 is 2.26 bits per heavy atom. The summed E-state index contributed by atoms with van der Waals surface area (Å²) in [5, 5.41) is 6.68. The van der Waals surface area contributed by atoms with Gasteiger partial charge in [0, 0.05) is 11.5 Å². The number of anilines is 2. The van der Waals surface area contributed by atoms with Gasteiger partial charge in [-0.25, -0.2) is 0 Å². The lowest BCUT2D eigenvalue weighted by molar-refractivity contribution is 0.101. The van der Waals surface area contributed by atoms with Crippen molar-refractivity contribution in [1.29, 1.82) is 0 Å². The highest BCUT2D eigenvalue weighted by molar-refractivity contribution is 9.10. The number of hydrogen-bond donors (Lipinski definition) is 2. The van der Waals surface area contributed by atoms with Crippen molar-refractivity contribution >= 4 is 33.2 Å². The Bertz CT molecular complexity index is 605. The summed E-state index contributed by atoms with van der Waals surface area (Å²) in [7, 11) is 3.20. The zero-order chi connectivity index (χ0) is 14.0. The maximum atomic E-state index is 12.2. The molecule has 0 bridgehead atoms. The molecule has 1 heterocycles. The van der Waals surface area contributed by atoms with Gasteiger partial charge in [-0.3, -0.25) is 9.48 Å². The first-order valence-corrected chi connectivity index (χ1v) is 6.24. The maximum Gasteiger partial charge on any atom is 0.276 e. The van der Waals surface area contributed by atoms with Gasteiger partial charge in [0.05, 0.1) is 24.7 Å². The van der Waals surface area contributed by atoms with Gasteiger partial charge in [0.2, 0.25) is 0 Å². The fourth-order valence-electron chi connectivity index (χ4n) is 1.69. The minimum atomic E-state index is -0.339. The molecule has 1 amide bonds. The smallest absolute Gasteiger partial charge is 0.276 e. The SMILES string of the molecule is COc1ccc(Br)cc1NC(=O)c1c(N)cnn1C.